The van der Waals surface area contributed by atoms with Crippen molar-refractivity contribution < 1.29 is 9.44 Å². The summed E-state index contributed by atoms with van der Waals surface area (Å²) in [6, 6.07) is 9.07. The van der Waals surface area contributed by atoms with Gasteiger partial charge >= 0.3 is 0 Å². The minimum atomic E-state index is -0.318. The minimum absolute atomic E-state index is 0.0129. The van der Waals surface area contributed by atoms with E-state index in [1.807, 2.05) is 18.2 Å². The molecule has 1 aliphatic rings. The zero-order valence-corrected chi connectivity index (χ0v) is 20.2. The maximum Gasteiger partial charge on any atom is 0.230 e. The molecule has 0 bridgehead atoms. The minimum Gasteiger partial charge on any atom is -0.633 e. The largest absolute Gasteiger partial charge is 0.633 e. The summed E-state index contributed by atoms with van der Waals surface area (Å²) in [4.78, 5) is 16.4. The third kappa shape index (κ3) is 6.18. The summed E-state index contributed by atoms with van der Waals surface area (Å²) in [5.41, 5.74) is 1.83. The summed E-state index contributed by atoms with van der Waals surface area (Å²) < 4.78 is 0.425. The summed E-state index contributed by atoms with van der Waals surface area (Å²) in [7, 11) is 0. The van der Waals surface area contributed by atoms with E-state index in [0.717, 1.165) is 20.5 Å². The highest BCUT2D eigenvalue weighted by atomic mass is 35.5. The second kappa shape index (κ2) is 10.5. The average Bonchev–Trinajstić information content (AvgIpc) is 3.26. The number of benzene rings is 1. The maximum absolute atomic E-state index is 13.1. The Morgan fingerprint density at radius 1 is 1.16 bits per heavy atom. The molecule has 168 valence electrons. The molecule has 1 amide bonds. The van der Waals surface area contributed by atoms with Crippen molar-refractivity contribution in [1.29, 1.82) is 0 Å². The summed E-state index contributed by atoms with van der Waals surface area (Å²) in [5.74, 6) is 0.207. The number of carbonyl (C=O) groups is 1. The molecule has 0 atom stereocenters. The fourth-order valence-electron chi connectivity index (χ4n) is 3.59. The first kappa shape index (κ1) is 23.4. The van der Waals surface area contributed by atoms with Crippen LogP contribution in [-0.4, -0.2) is 50.6 Å². The lowest BCUT2D eigenvalue weighted by molar-refractivity contribution is -0.898. The number of amides is 1. The zero-order chi connectivity index (χ0) is 22.6. The Hall–Kier alpha value is -1.75. The van der Waals surface area contributed by atoms with Crippen molar-refractivity contribution in [2.24, 2.45) is 0 Å². The fraction of sp³-hybridized carbons (Fsp3) is 0.333. The quantitative estimate of drug-likeness (QED) is 0.279. The molecular weight excluding hydrogens is 489 g/mol. The molecular formula is C21H21Cl2N5O2S2. The standard InChI is InChI=1S/C21H21Cl2N5O2S2/c22-17-2-1-14(11-18(17)23)12-28(30)9-5-16(6-10-28)25-19(29)13-31-21-27-26-20(32-21)15-3-7-24-8-4-15/h1-4,7-8,11,16H,5-6,9-10,12-13H2,(H,25,29). The summed E-state index contributed by atoms with van der Waals surface area (Å²) in [6.07, 6.45) is 4.71. The van der Waals surface area contributed by atoms with Gasteiger partial charge in [-0.15, -0.1) is 10.2 Å². The van der Waals surface area contributed by atoms with Gasteiger partial charge in [0.25, 0.3) is 0 Å². The summed E-state index contributed by atoms with van der Waals surface area (Å²) >= 11 is 14.8. The number of halogens is 2. The number of aromatic nitrogens is 3. The van der Waals surface area contributed by atoms with Crippen LogP contribution in [0.3, 0.4) is 0 Å². The molecule has 0 unspecified atom stereocenters. The van der Waals surface area contributed by atoms with Crippen molar-refractivity contribution in [3.63, 3.8) is 0 Å². The Kier molecular flexibility index (Phi) is 7.65. The molecule has 11 heteroatoms. The van der Waals surface area contributed by atoms with E-state index >= 15 is 0 Å². The molecule has 1 aromatic carbocycles. The Balaban J connectivity index is 1.22. The number of pyridine rings is 1. The van der Waals surface area contributed by atoms with Crippen molar-refractivity contribution in [3.8, 4) is 10.6 Å². The molecule has 3 aromatic rings. The fourth-order valence-corrected chi connectivity index (χ4v) is 5.58. The van der Waals surface area contributed by atoms with Crippen LogP contribution in [0.5, 0.6) is 0 Å². The first-order valence-corrected chi connectivity index (χ1v) is 12.6. The van der Waals surface area contributed by atoms with E-state index < -0.39 is 0 Å². The molecule has 1 aliphatic heterocycles. The molecule has 3 heterocycles. The zero-order valence-electron chi connectivity index (χ0n) is 17.0. The molecule has 1 N–H and O–H groups in total. The number of likely N-dealkylation sites (tertiary alicyclic amines) is 1. The van der Waals surface area contributed by atoms with Gasteiger partial charge in [0.15, 0.2) is 4.34 Å². The lowest BCUT2D eigenvalue weighted by atomic mass is 10.0. The Morgan fingerprint density at radius 3 is 2.62 bits per heavy atom. The molecule has 1 fully saturated rings. The van der Waals surface area contributed by atoms with Crippen LogP contribution in [0.4, 0.5) is 0 Å². The van der Waals surface area contributed by atoms with E-state index in [0.29, 0.717) is 42.5 Å². The topological polar surface area (TPSA) is 90.8 Å². The van der Waals surface area contributed by atoms with Gasteiger partial charge in [0.1, 0.15) is 11.6 Å². The van der Waals surface area contributed by atoms with Gasteiger partial charge in [0.05, 0.1) is 28.9 Å². The third-order valence-electron chi connectivity index (χ3n) is 5.25. The van der Waals surface area contributed by atoms with Crippen LogP contribution in [0.1, 0.15) is 18.4 Å². The van der Waals surface area contributed by atoms with Crippen molar-refractivity contribution in [2.75, 3.05) is 18.8 Å². The van der Waals surface area contributed by atoms with Gasteiger partial charge in [-0.1, -0.05) is 52.4 Å². The van der Waals surface area contributed by atoms with Crippen LogP contribution in [-0.2, 0) is 11.3 Å². The SMILES string of the molecule is O=C(CSc1nnc(-c2ccncc2)s1)NC1CC[N+]([O-])(Cc2ccc(Cl)c(Cl)c2)CC1. The van der Waals surface area contributed by atoms with Gasteiger partial charge in [-0.25, -0.2) is 0 Å². The molecule has 0 aliphatic carbocycles. The number of nitrogens with zero attached hydrogens (tertiary/aromatic N) is 4. The number of hydrogen-bond donors (Lipinski definition) is 1. The first-order valence-electron chi connectivity index (χ1n) is 10.1. The Labute approximate surface area is 204 Å². The predicted molar refractivity (Wildman–Crippen MR) is 129 cm³/mol. The van der Waals surface area contributed by atoms with Gasteiger partial charge < -0.3 is 15.2 Å². The highest BCUT2D eigenvalue weighted by Gasteiger charge is 2.28. The second-order valence-corrected chi connectivity index (χ2v) is 10.7. The van der Waals surface area contributed by atoms with Gasteiger partial charge in [0, 0.05) is 42.4 Å². The maximum atomic E-state index is 13.1. The van der Waals surface area contributed by atoms with E-state index in [2.05, 4.69) is 20.5 Å². The van der Waals surface area contributed by atoms with E-state index in [1.54, 1.807) is 24.5 Å². The number of piperidine rings is 1. The lowest BCUT2D eigenvalue weighted by Crippen LogP contribution is -2.52. The van der Waals surface area contributed by atoms with E-state index in [9.17, 15) is 10.0 Å². The molecule has 4 rings (SSSR count). The Morgan fingerprint density at radius 2 is 1.91 bits per heavy atom. The number of rotatable bonds is 7. The number of thioether (sulfide) groups is 1. The number of hydrogen-bond acceptors (Lipinski definition) is 7. The van der Waals surface area contributed by atoms with Gasteiger partial charge in [-0.05, 0) is 24.3 Å². The molecule has 0 radical (unpaired) electrons. The third-order valence-corrected chi connectivity index (χ3v) is 8.10. The normalized spacial score (nSPS) is 20.8. The van der Waals surface area contributed by atoms with Crippen molar-refractivity contribution in [2.45, 2.75) is 29.8 Å². The second-order valence-electron chi connectivity index (χ2n) is 7.65. The van der Waals surface area contributed by atoms with Crippen molar-refractivity contribution >= 4 is 52.2 Å². The summed E-state index contributed by atoms with van der Waals surface area (Å²) in [5, 5.41) is 26.2. The number of quaternary nitrogens is 1. The molecule has 32 heavy (non-hydrogen) atoms. The number of hydroxylamine groups is 3. The van der Waals surface area contributed by atoms with E-state index in [-0.39, 0.29) is 22.3 Å². The molecule has 1 saturated heterocycles. The number of carbonyl (C=O) groups excluding carboxylic acids is 1. The highest BCUT2D eigenvalue weighted by Crippen LogP contribution is 2.29. The van der Waals surface area contributed by atoms with Crippen molar-refractivity contribution in [3.05, 3.63) is 63.5 Å². The average molecular weight is 510 g/mol. The highest BCUT2D eigenvalue weighted by molar-refractivity contribution is 8.01. The van der Waals surface area contributed by atoms with Crippen LogP contribution < -0.4 is 5.32 Å². The van der Waals surface area contributed by atoms with E-state index in [1.165, 1.54) is 23.1 Å². The molecule has 7 nitrogen and oxygen atoms in total. The molecule has 2 aromatic heterocycles. The van der Waals surface area contributed by atoms with E-state index in [4.69, 9.17) is 23.2 Å². The lowest BCUT2D eigenvalue weighted by Gasteiger charge is -2.47. The predicted octanol–water partition coefficient (Wildman–Crippen LogP) is 4.79. The van der Waals surface area contributed by atoms with Crippen LogP contribution in [0, 0.1) is 5.21 Å². The number of nitrogens with one attached hydrogen (secondary N) is 1. The van der Waals surface area contributed by atoms with Crippen LogP contribution in [0.25, 0.3) is 10.6 Å². The molecule has 0 saturated carbocycles. The van der Waals surface area contributed by atoms with Crippen LogP contribution >= 0.6 is 46.3 Å². The van der Waals surface area contributed by atoms with Gasteiger partial charge in [-0.2, -0.15) is 0 Å². The van der Waals surface area contributed by atoms with Crippen molar-refractivity contribution in [1.82, 2.24) is 20.5 Å². The van der Waals surface area contributed by atoms with Gasteiger partial charge in [-0.3, -0.25) is 9.78 Å². The van der Waals surface area contributed by atoms with Gasteiger partial charge in [0.2, 0.25) is 5.91 Å². The van der Waals surface area contributed by atoms with Crippen LogP contribution in [0.15, 0.2) is 47.1 Å². The monoisotopic (exact) mass is 509 g/mol. The molecule has 0 spiro atoms. The Bertz CT molecular complexity index is 1080. The smallest absolute Gasteiger partial charge is 0.230 e. The first-order chi connectivity index (χ1) is 15.4. The summed E-state index contributed by atoms with van der Waals surface area (Å²) in [6.45, 7) is 1.25. The van der Waals surface area contributed by atoms with Crippen LogP contribution in [0.2, 0.25) is 10.0 Å².